The Morgan fingerprint density at radius 2 is 1.87 bits per heavy atom. The first-order chi connectivity index (χ1) is 14.4. The van der Waals surface area contributed by atoms with Crippen LogP contribution in [0.2, 0.25) is 0 Å². The number of halogens is 3. The molecule has 2 amide bonds. The molecule has 2 unspecified atom stereocenters. The monoisotopic (exact) mass is 413 g/mol. The van der Waals surface area contributed by atoms with Crippen molar-refractivity contribution in [3.63, 3.8) is 0 Å². The number of amides is 2. The number of fused-ring (bicyclic) bond motifs is 2. The zero-order valence-electron chi connectivity index (χ0n) is 15.7. The highest BCUT2D eigenvalue weighted by atomic mass is 19.4. The molecular weight excluding hydrogens is 395 g/mol. The summed E-state index contributed by atoms with van der Waals surface area (Å²) in [5.74, 6) is 1.08. The van der Waals surface area contributed by atoms with Crippen molar-refractivity contribution in [2.45, 2.75) is 12.2 Å². The second kappa shape index (κ2) is 6.86. The lowest BCUT2D eigenvalue weighted by molar-refractivity contribution is -0.137. The van der Waals surface area contributed by atoms with E-state index < -0.39 is 11.7 Å². The lowest BCUT2D eigenvalue weighted by atomic mass is 10.1. The van der Waals surface area contributed by atoms with Crippen LogP contribution in [-0.2, 0) is 6.18 Å². The van der Waals surface area contributed by atoms with Crippen LogP contribution >= 0.6 is 0 Å². The number of nitrogens with one attached hydrogen (secondary N) is 2. The zero-order chi connectivity index (χ0) is 20.9. The van der Waals surface area contributed by atoms with Crippen molar-refractivity contribution < 1.29 is 18.0 Å². The summed E-state index contributed by atoms with van der Waals surface area (Å²) < 4.78 is 38.0. The standard InChI is InChI=1S/C21H18F3N5O/c22-21(23,24)13-4-5-18(26-9-13)29-10-15-16(11-29)19(15)28-20(30)27-17-3-1-2-12-8-25-7-6-14(12)17/h1-9,15-16,19H,10-11H2,(H2,27,28,30). The predicted molar refractivity (Wildman–Crippen MR) is 106 cm³/mol. The van der Waals surface area contributed by atoms with Gasteiger partial charge in [-0.25, -0.2) is 9.78 Å². The summed E-state index contributed by atoms with van der Waals surface area (Å²) in [7, 11) is 0. The number of piperidine rings is 1. The van der Waals surface area contributed by atoms with Gasteiger partial charge in [0.15, 0.2) is 0 Å². The van der Waals surface area contributed by atoms with Gasteiger partial charge >= 0.3 is 12.2 Å². The molecule has 1 saturated carbocycles. The molecule has 2 aliphatic rings. The average Bonchev–Trinajstić information content (AvgIpc) is 3.16. The molecule has 2 atom stereocenters. The number of urea groups is 1. The SMILES string of the molecule is O=C(Nc1cccc2cnccc12)NC1C2CN(c3ccc(C(F)(F)F)cn3)CC21. The number of carbonyl (C=O) groups excluding carboxylic acids is 1. The van der Waals surface area contributed by atoms with E-state index in [1.165, 1.54) is 6.07 Å². The normalized spacial score (nSPS) is 22.6. The first-order valence-corrected chi connectivity index (χ1v) is 9.58. The lowest BCUT2D eigenvalue weighted by Crippen LogP contribution is -2.37. The number of rotatable bonds is 3. The van der Waals surface area contributed by atoms with E-state index in [4.69, 9.17) is 0 Å². The summed E-state index contributed by atoms with van der Waals surface area (Å²) in [6.45, 7) is 1.32. The van der Waals surface area contributed by atoms with Crippen molar-refractivity contribution in [1.82, 2.24) is 15.3 Å². The van der Waals surface area contributed by atoms with Gasteiger partial charge in [-0.05, 0) is 24.3 Å². The second-order valence-corrected chi connectivity index (χ2v) is 7.66. The van der Waals surface area contributed by atoms with Gasteiger partial charge in [0.1, 0.15) is 5.82 Å². The van der Waals surface area contributed by atoms with Gasteiger partial charge in [0, 0.05) is 60.3 Å². The van der Waals surface area contributed by atoms with E-state index in [1.54, 1.807) is 12.4 Å². The molecular formula is C21H18F3N5O. The molecule has 3 aromatic rings. The Bertz CT molecular complexity index is 1080. The van der Waals surface area contributed by atoms with Crippen molar-refractivity contribution in [3.05, 3.63) is 60.6 Å². The largest absolute Gasteiger partial charge is 0.417 e. The van der Waals surface area contributed by atoms with Crippen LogP contribution in [-0.4, -0.2) is 35.1 Å². The fraction of sp³-hybridized carbons (Fsp3) is 0.286. The molecule has 0 radical (unpaired) electrons. The van der Waals surface area contributed by atoms with E-state index in [0.29, 0.717) is 24.6 Å². The molecule has 1 aliphatic carbocycles. The van der Waals surface area contributed by atoms with Gasteiger partial charge in [-0.3, -0.25) is 4.98 Å². The van der Waals surface area contributed by atoms with Crippen LogP contribution in [0.1, 0.15) is 5.56 Å². The van der Waals surface area contributed by atoms with Crippen molar-refractivity contribution in [2.75, 3.05) is 23.3 Å². The van der Waals surface area contributed by atoms with E-state index >= 15 is 0 Å². The molecule has 2 aromatic heterocycles. The molecule has 1 aromatic carbocycles. The Morgan fingerprint density at radius 1 is 1.07 bits per heavy atom. The molecule has 5 rings (SSSR count). The number of hydrogen-bond acceptors (Lipinski definition) is 4. The number of carbonyl (C=O) groups is 1. The number of hydrogen-bond donors (Lipinski definition) is 2. The van der Waals surface area contributed by atoms with Gasteiger partial charge in [0.2, 0.25) is 0 Å². The smallest absolute Gasteiger partial charge is 0.356 e. The van der Waals surface area contributed by atoms with Crippen LogP contribution in [0.15, 0.2) is 55.0 Å². The quantitative estimate of drug-likeness (QED) is 0.683. The third-order valence-electron chi connectivity index (χ3n) is 5.82. The number of benzene rings is 1. The highest BCUT2D eigenvalue weighted by Crippen LogP contribution is 2.46. The second-order valence-electron chi connectivity index (χ2n) is 7.66. The molecule has 0 spiro atoms. The molecule has 1 saturated heterocycles. The van der Waals surface area contributed by atoms with Gasteiger partial charge in [0.05, 0.1) is 11.3 Å². The minimum atomic E-state index is -4.39. The number of anilines is 2. The maximum atomic E-state index is 12.7. The summed E-state index contributed by atoms with van der Waals surface area (Å²) in [5, 5.41) is 7.76. The Kier molecular flexibility index (Phi) is 4.27. The summed E-state index contributed by atoms with van der Waals surface area (Å²) in [6, 6.07) is 9.73. The average molecular weight is 413 g/mol. The molecule has 2 fully saturated rings. The molecule has 0 bridgehead atoms. The van der Waals surface area contributed by atoms with Crippen molar-refractivity contribution in [3.8, 4) is 0 Å². The van der Waals surface area contributed by atoms with Crippen LogP contribution in [0, 0.1) is 11.8 Å². The topological polar surface area (TPSA) is 70.2 Å². The number of alkyl halides is 3. The van der Waals surface area contributed by atoms with Gasteiger partial charge in [-0.15, -0.1) is 0 Å². The molecule has 9 heteroatoms. The summed E-state index contributed by atoms with van der Waals surface area (Å²) in [4.78, 5) is 22.5. The lowest BCUT2D eigenvalue weighted by Gasteiger charge is -2.21. The van der Waals surface area contributed by atoms with Crippen LogP contribution in [0.3, 0.4) is 0 Å². The van der Waals surface area contributed by atoms with E-state index in [2.05, 4.69) is 20.6 Å². The molecule has 3 heterocycles. The Balaban J connectivity index is 1.17. The number of pyridine rings is 2. The molecule has 6 nitrogen and oxygen atoms in total. The minimum Gasteiger partial charge on any atom is -0.356 e. The van der Waals surface area contributed by atoms with E-state index in [9.17, 15) is 18.0 Å². The van der Waals surface area contributed by atoms with Gasteiger partial charge in [-0.2, -0.15) is 13.2 Å². The van der Waals surface area contributed by atoms with Gasteiger partial charge < -0.3 is 15.5 Å². The maximum Gasteiger partial charge on any atom is 0.417 e. The Labute approximate surface area is 170 Å². The van der Waals surface area contributed by atoms with Crippen LogP contribution in [0.5, 0.6) is 0 Å². The van der Waals surface area contributed by atoms with E-state index in [-0.39, 0.29) is 23.9 Å². The predicted octanol–water partition coefficient (Wildman–Crippen LogP) is 3.90. The third kappa shape index (κ3) is 3.40. The summed E-state index contributed by atoms with van der Waals surface area (Å²) >= 11 is 0. The molecule has 30 heavy (non-hydrogen) atoms. The molecule has 154 valence electrons. The van der Waals surface area contributed by atoms with Gasteiger partial charge in [0.25, 0.3) is 0 Å². The van der Waals surface area contributed by atoms with Crippen molar-refractivity contribution in [1.29, 1.82) is 0 Å². The zero-order valence-corrected chi connectivity index (χ0v) is 15.7. The van der Waals surface area contributed by atoms with Crippen molar-refractivity contribution >= 4 is 28.3 Å². The van der Waals surface area contributed by atoms with Crippen molar-refractivity contribution in [2.24, 2.45) is 11.8 Å². The summed E-state index contributed by atoms with van der Waals surface area (Å²) in [5.41, 5.74) is -0.0372. The van der Waals surface area contributed by atoms with Gasteiger partial charge in [-0.1, -0.05) is 12.1 Å². The van der Waals surface area contributed by atoms with Crippen LogP contribution in [0.4, 0.5) is 29.5 Å². The first kappa shape index (κ1) is 18.7. The summed E-state index contributed by atoms with van der Waals surface area (Å²) in [6.07, 6.45) is -0.0993. The molecule has 2 N–H and O–H groups in total. The third-order valence-corrected chi connectivity index (χ3v) is 5.82. The van der Waals surface area contributed by atoms with E-state index in [1.807, 2.05) is 29.2 Å². The number of nitrogens with zero attached hydrogens (tertiary/aromatic N) is 3. The Morgan fingerprint density at radius 3 is 2.57 bits per heavy atom. The first-order valence-electron chi connectivity index (χ1n) is 9.58. The Hall–Kier alpha value is -3.36. The number of aromatic nitrogens is 2. The van der Waals surface area contributed by atoms with E-state index in [0.717, 1.165) is 23.0 Å². The van der Waals surface area contributed by atoms with Crippen LogP contribution in [0.25, 0.3) is 10.8 Å². The fourth-order valence-corrected chi connectivity index (χ4v) is 4.21. The van der Waals surface area contributed by atoms with Crippen LogP contribution < -0.4 is 15.5 Å². The maximum absolute atomic E-state index is 12.7. The molecule has 1 aliphatic heterocycles. The highest BCUT2D eigenvalue weighted by Gasteiger charge is 2.56. The fourth-order valence-electron chi connectivity index (χ4n) is 4.21. The minimum absolute atomic E-state index is 0.0624. The highest BCUT2D eigenvalue weighted by molar-refractivity contribution is 6.01.